The van der Waals surface area contributed by atoms with Crippen LogP contribution in [0.4, 0.5) is 14.5 Å². The highest BCUT2D eigenvalue weighted by molar-refractivity contribution is 9.10. The van der Waals surface area contributed by atoms with Crippen molar-refractivity contribution in [3.8, 4) is 5.75 Å². The Labute approximate surface area is 122 Å². The minimum absolute atomic E-state index is 0.171. The molecule has 6 heteroatoms. The fraction of sp³-hybridized carbons (Fsp3) is 0.0714. The molecule has 0 saturated carbocycles. The van der Waals surface area contributed by atoms with Gasteiger partial charge in [0.25, 0.3) is 5.91 Å². The molecule has 0 spiro atoms. The van der Waals surface area contributed by atoms with Gasteiger partial charge in [-0.2, -0.15) is 0 Å². The molecule has 0 bridgehead atoms. The van der Waals surface area contributed by atoms with Crippen molar-refractivity contribution in [2.24, 2.45) is 0 Å². The number of nitrogens with one attached hydrogen (secondary N) is 1. The van der Waals surface area contributed by atoms with Crippen LogP contribution >= 0.6 is 15.9 Å². The summed E-state index contributed by atoms with van der Waals surface area (Å²) in [7, 11) is 0. The number of hydrogen-bond donors (Lipinski definition) is 1. The van der Waals surface area contributed by atoms with Gasteiger partial charge in [0, 0.05) is 11.8 Å². The van der Waals surface area contributed by atoms with Gasteiger partial charge in [-0.1, -0.05) is 12.1 Å². The fourth-order valence-corrected chi connectivity index (χ4v) is 1.88. The Hall–Kier alpha value is -1.95. The largest absolute Gasteiger partial charge is 0.483 e. The molecular weight excluding hydrogens is 332 g/mol. The van der Waals surface area contributed by atoms with E-state index in [0.29, 0.717) is 5.75 Å². The zero-order valence-corrected chi connectivity index (χ0v) is 11.8. The van der Waals surface area contributed by atoms with Gasteiger partial charge < -0.3 is 10.1 Å². The summed E-state index contributed by atoms with van der Waals surface area (Å²) in [6, 6.07) is 10.2. The van der Waals surface area contributed by atoms with Crippen molar-refractivity contribution < 1.29 is 18.3 Å². The van der Waals surface area contributed by atoms with Crippen LogP contribution in [0, 0.1) is 11.6 Å². The molecule has 0 aliphatic heterocycles. The standard InChI is InChI=1S/C14H10BrF2NO2/c15-10-3-1-2-4-13(10)20-8-14(19)18-9-5-6-11(16)12(17)7-9/h1-7H,8H2,(H,18,19). The highest BCUT2D eigenvalue weighted by Crippen LogP contribution is 2.23. The molecule has 3 nitrogen and oxygen atoms in total. The molecule has 1 N–H and O–H groups in total. The molecule has 1 amide bonds. The summed E-state index contributed by atoms with van der Waals surface area (Å²) >= 11 is 3.28. The summed E-state index contributed by atoms with van der Waals surface area (Å²) < 4.78 is 31.7. The molecule has 2 aromatic carbocycles. The summed E-state index contributed by atoms with van der Waals surface area (Å²) in [5.74, 6) is -1.93. The lowest BCUT2D eigenvalue weighted by Gasteiger charge is -2.08. The normalized spacial score (nSPS) is 10.2. The van der Waals surface area contributed by atoms with Crippen LogP contribution in [0.5, 0.6) is 5.75 Å². The zero-order valence-electron chi connectivity index (χ0n) is 10.2. The average molecular weight is 342 g/mol. The molecule has 0 heterocycles. The lowest BCUT2D eigenvalue weighted by molar-refractivity contribution is -0.118. The van der Waals surface area contributed by atoms with E-state index < -0.39 is 17.5 Å². The second-order valence-corrected chi connectivity index (χ2v) is 4.75. The first-order chi connectivity index (χ1) is 9.56. The average Bonchev–Trinajstić information content (AvgIpc) is 2.42. The van der Waals surface area contributed by atoms with E-state index in [1.165, 1.54) is 6.07 Å². The van der Waals surface area contributed by atoms with Crippen LogP contribution < -0.4 is 10.1 Å². The monoisotopic (exact) mass is 341 g/mol. The molecule has 0 fully saturated rings. The third-order valence-electron chi connectivity index (χ3n) is 2.40. The second-order valence-electron chi connectivity index (χ2n) is 3.90. The minimum atomic E-state index is -1.02. The first-order valence-corrected chi connectivity index (χ1v) is 6.48. The maximum absolute atomic E-state index is 13.0. The van der Waals surface area contributed by atoms with E-state index in [4.69, 9.17) is 4.74 Å². The second kappa shape index (κ2) is 6.47. The lowest BCUT2D eigenvalue weighted by atomic mass is 10.3. The van der Waals surface area contributed by atoms with E-state index in [2.05, 4.69) is 21.2 Å². The van der Waals surface area contributed by atoms with Crippen molar-refractivity contribution in [3.63, 3.8) is 0 Å². The predicted molar refractivity (Wildman–Crippen MR) is 74.6 cm³/mol. The summed E-state index contributed by atoms with van der Waals surface area (Å²) in [5.41, 5.74) is 0.171. The van der Waals surface area contributed by atoms with Gasteiger partial charge in [-0.3, -0.25) is 4.79 Å². The van der Waals surface area contributed by atoms with E-state index in [0.717, 1.165) is 16.6 Å². The van der Waals surface area contributed by atoms with Gasteiger partial charge >= 0.3 is 0 Å². The zero-order chi connectivity index (χ0) is 14.5. The van der Waals surface area contributed by atoms with Gasteiger partial charge in [-0.25, -0.2) is 8.78 Å². The van der Waals surface area contributed by atoms with Gasteiger partial charge in [-0.05, 0) is 40.2 Å². The van der Waals surface area contributed by atoms with Crippen LogP contribution in [-0.4, -0.2) is 12.5 Å². The SMILES string of the molecule is O=C(COc1ccccc1Br)Nc1ccc(F)c(F)c1. The highest BCUT2D eigenvalue weighted by atomic mass is 79.9. The van der Waals surface area contributed by atoms with E-state index in [9.17, 15) is 13.6 Å². The Morgan fingerprint density at radius 2 is 1.90 bits per heavy atom. The third kappa shape index (κ3) is 3.77. The lowest BCUT2D eigenvalue weighted by Crippen LogP contribution is -2.20. The molecule has 0 aromatic heterocycles. The number of rotatable bonds is 4. The molecule has 20 heavy (non-hydrogen) atoms. The number of anilines is 1. The number of carbonyl (C=O) groups excluding carboxylic acids is 1. The number of ether oxygens (including phenoxy) is 1. The molecule has 0 radical (unpaired) electrons. The topological polar surface area (TPSA) is 38.3 Å². The van der Waals surface area contributed by atoms with E-state index in [-0.39, 0.29) is 12.3 Å². The maximum atomic E-state index is 13.0. The Morgan fingerprint density at radius 1 is 1.15 bits per heavy atom. The van der Waals surface area contributed by atoms with Gasteiger partial charge in [0.2, 0.25) is 0 Å². The van der Waals surface area contributed by atoms with Crippen molar-refractivity contribution in [1.29, 1.82) is 0 Å². The molecule has 0 unspecified atom stereocenters. The van der Waals surface area contributed by atoms with Gasteiger partial charge in [0.05, 0.1) is 4.47 Å². The minimum Gasteiger partial charge on any atom is -0.483 e. The molecule has 104 valence electrons. The molecule has 0 saturated heterocycles. The predicted octanol–water partition coefficient (Wildman–Crippen LogP) is 3.74. The molecule has 2 aromatic rings. The van der Waals surface area contributed by atoms with E-state index in [1.807, 2.05) is 6.07 Å². The van der Waals surface area contributed by atoms with E-state index in [1.54, 1.807) is 18.2 Å². The van der Waals surface area contributed by atoms with Crippen molar-refractivity contribution in [3.05, 3.63) is 58.6 Å². The van der Waals surface area contributed by atoms with Crippen LogP contribution in [0.25, 0.3) is 0 Å². The van der Waals surface area contributed by atoms with Crippen molar-refractivity contribution in [2.75, 3.05) is 11.9 Å². The van der Waals surface area contributed by atoms with Crippen molar-refractivity contribution in [2.45, 2.75) is 0 Å². The highest BCUT2D eigenvalue weighted by Gasteiger charge is 2.08. The van der Waals surface area contributed by atoms with Crippen molar-refractivity contribution >= 4 is 27.5 Å². The molecular formula is C14H10BrF2NO2. The summed E-state index contributed by atoms with van der Waals surface area (Å²) in [6.07, 6.45) is 0. The fourth-order valence-electron chi connectivity index (χ4n) is 1.48. The Kier molecular flexibility index (Phi) is 4.68. The van der Waals surface area contributed by atoms with Crippen molar-refractivity contribution in [1.82, 2.24) is 0 Å². The van der Waals surface area contributed by atoms with Crippen LogP contribution in [0.3, 0.4) is 0 Å². The smallest absolute Gasteiger partial charge is 0.262 e. The van der Waals surface area contributed by atoms with E-state index >= 15 is 0 Å². The Morgan fingerprint density at radius 3 is 2.60 bits per heavy atom. The first-order valence-electron chi connectivity index (χ1n) is 5.68. The Bertz CT molecular complexity index is 634. The summed E-state index contributed by atoms with van der Waals surface area (Å²) in [6.45, 7) is -0.235. The number of hydrogen-bond acceptors (Lipinski definition) is 2. The van der Waals surface area contributed by atoms with Crippen LogP contribution in [0.15, 0.2) is 46.9 Å². The molecule has 2 rings (SSSR count). The number of halogens is 3. The maximum Gasteiger partial charge on any atom is 0.262 e. The number of benzene rings is 2. The molecule has 0 atom stereocenters. The van der Waals surface area contributed by atoms with Gasteiger partial charge in [-0.15, -0.1) is 0 Å². The molecule has 0 aliphatic carbocycles. The third-order valence-corrected chi connectivity index (χ3v) is 3.05. The van der Waals surface area contributed by atoms with Gasteiger partial charge in [0.1, 0.15) is 5.75 Å². The van der Waals surface area contributed by atoms with Gasteiger partial charge in [0.15, 0.2) is 18.2 Å². The number of carbonyl (C=O) groups is 1. The summed E-state index contributed by atoms with van der Waals surface area (Å²) in [4.78, 5) is 11.6. The van der Waals surface area contributed by atoms with Crippen LogP contribution in [-0.2, 0) is 4.79 Å². The molecule has 0 aliphatic rings. The van der Waals surface area contributed by atoms with Crippen LogP contribution in [0.2, 0.25) is 0 Å². The Balaban J connectivity index is 1.93. The number of amides is 1. The quantitative estimate of drug-likeness (QED) is 0.919. The number of para-hydroxylation sites is 1. The first kappa shape index (κ1) is 14.5. The van der Waals surface area contributed by atoms with Crippen LogP contribution in [0.1, 0.15) is 0 Å². The summed E-state index contributed by atoms with van der Waals surface area (Å²) in [5, 5.41) is 2.41.